The Hall–Kier alpha value is -2.78. The Balaban J connectivity index is 1.76. The van der Waals surface area contributed by atoms with Crippen molar-refractivity contribution in [1.29, 1.82) is 0 Å². The fraction of sp³-hybridized carbons (Fsp3) is 0.500. The normalized spacial score (nSPS) is 17.4. The van der Waals surface area contributed by atoms with E-state index in [-0.39, 0.29) is 12.5 Å². The number of hydrogen-bond acceptors (Lipinski definition) is 6. The lowest BCUT2D eigenvalue weighted by Gasteiger charge is -2.26. The Morgan fingerprint density at radius 1 is 1.34 bits per heavy atom. The fourth-order valence-corrected chi connectivity index (χ4v) is 3.21. The van der Waals surface area contributed by atoms with Crippen LogP contribution in [0.25, 0.3) is 0 Å². The van der Waals surface area contributed by atoms with Gasteiger partial charge < -0.3 is 25.5 Å². The lowest BCUT2D eigenvalue weighted by atomic mass is 9.98. The summed E-state index contributed by atoms with van der Waals surface area (Å²) in [5.74, 6) is -0.475. The third kappa shape index (κ3) is 5.18. The Kier molecular flexibility index (Phi) is 6.29. The molecule has 1 aromatic heterocycles. The van der Waals surface area contributed by atoms with Gasteiger partial charge in [0.05, 0.1) is 24.7 Å². The number of benzene rings is 1. The molecule has 9 nitrogen and oxygen atoms in total. The molecule has 1 aliphatic heterocycles. The molecule has 1 amide bonds. The van der Waals surface area contributed by atoms with Crippen molar-refractivity contribution < 1.29 is 19.4 Å². The highest BCUT2D eigenvalue weighted by molar-refractivity contribution is 5.85. The van der Waals surface area contributed by atoms with Crippen LogP contribution in [0.2, 0.25) is 0 Å². The van der Waals surface area contributed by atoms with Gasteiger partial charge >= 0.3 is 5.97 Å². The van der Waals surface area contributed by atoms with Gasteiger partial charge in [0.2, 0.25) is 5.91 Å². The van der Waals surface area contributed by atoms with Gasteiger partial charge in [-0.25, -0.2) is 0 Å². The number of fused-ring (bicyclic) bond motifs is 1. The number of rotatable bonds is 8. The van der Waals surface area contributed by atoms with Crippen molar-refractivity contribution >= 4 is 11.9 Å². The molecule has 3 rings (SSSR count). The van der Waals surface area contributed by atoms with E-state index >= 15 is 0 Å². The second-order valence-corrected chi connectivity index (χ2v) is 7.90. The maximum absolute atomic E-state index is 12.5. The minimum atomic E-state index is -1.06. The molecule has 4 N–H and O–H groups in total. The highest BCUT2D eigenvalue weighted by Crippen LogP contribution is 2.24. The van der Waals surface area contributed by atoms with Crippen LogP contribution < -0.4 is 11.1 Å². The molecule has 2 aromatic rings. The van der Waals surface area contributed by atoms with Crippen molar-refractivity contribution in [1.82, 2.24) is 20.1 Å². The van der Waals surface area contributed by atoms with Crippen LogP contribution in [0.3, 0.4) is 0 Å². The van der Waals surface area contributed by atoms with Crippen molar-refractivity contribution in [2.24, 2.45) is 11.7 Å². The summed E-state index contributed by atoms with van der Waals surface area (Å²) in [7, 11) is 0. The molecule has 2 heterocycles. The van der Waals surface area contributed by atoms with E-state index in [1.54, 1.807) is 13.8 Å². The average Bonchev–Trinajstić information content (AvgIpc) is 3.10. The summed E-state index contributed by atoms with van der Waals surface area (Å²) in [5, 5.41) is 20.6. The maximum atomic E-state index is 12.5. The first kappa shape index (κ1) is 20.9. The lowest BCUT2D eigenvalue weighted by Crippen LogP contribution is -2.51. The van der Waals surface area contributed by atoms with Crippen LogP contribution in [0.4, 0.5) is 0 Å². The lowest BCUT2D eigenvalue weighted by molar-refractivity contribution is -0.142. The second-order valence-electron chi connectivity index (χ2n) is 7.90. The molecule has 0 spiro atoms. The van der Waals surface area contributed by atoms with E-state index in [0.29, 0.717) is 37.6 Å². The molecule has 0 saturated heterocycles. The molecule has 29 heavy (non-hydrogen) atoms. The zero-order valence-electron chi connectivity index (χ0n) is 16.7. The highest BCUT2D eigenvalue weighted by atomic mass is 16.5. The zero-order valence-corrected chi connectivity index (χ0v) is 16.7. The summed E-state index contributed by atoms with van der Waals surface area (Å²) in [6.45, 7) is 4.31. The van der Waals surface area contributed by atoms with Gasteiger partial charge in [-0.05, 0) is 25.8 Å². The molecule has 0 fully saturated rings. The van der Waals surface area contributed by atoms with Gasteiger partial charge in [-0.3, -0.25) is 9.59 Å². The van der Waals surface area contributed by atoms with Crippen LogP contribution >= 0.6 is 0 Å². The Bertz CT molecular complexity index is 860. The number of aromatic nitrogens is 3. The Morgan fingerprint density at radius 2 is 2.07 bits per heavy atom. The minimum absolute atomic E-state index is 0.192. The molecule has 9 heteroatoms. The Labute approximate surface area is 169 Å². The molecule has 0 radical (unpaired) electrons. The van der Waals surface area contributed by atoms with Gasteiger partial charge in [-0.1, -0.05) is 30.3 Å². The first-order valence-corrected chi connectivity index (χ1v) is 9.62. The smallest absolute Gasteiger partial charge is 0.307 e. The van der Waals surface area contributed by atoms with Gasteiger partial charge in [-0.15, -0.1) is 10.2 Å². The number of nitrogens with two attached hydrogens (primary N) is 1. The van der Waals surface area contributed by atoms with E-state index in [1.807, 2.05) is 34.9 Å². The van der Waals surface area contributed by atoms with Crippen molar-refractivity contribution in [3.63, 3.8) is 0 Å². The summed E-state index contributed by atoms with van der Waals surface area (Å²) in [6, 6.07) is 9.17. The van der Waals surface area contributed by atoms with Gasteiger partial charge in [0.25, 0.3) is 0 Å². The van der Waals surface area contributed by atoms with Gasteiger partial charge in [0, 0.05) is 13.0 Å². The van der Waals surface area contributed by atoms with E-state index in [4.69, 9.17) is 10.5 Å². The fourth-order valence-electron chi connectivity index (χ4n) is 3.21. The van der Waals surface area contributed by atoms with E-state index < -0.39 is 23.5 Å². The molecule has 156 valence electrons. The van der Waals surface area contributed by atoms with Crippen LogP contribution in [0, 0.1) is 5.92 Å². The van der Waals surface area contributed by atoms with Crippen molar-refractivity contribution in [2.75, 3.05) is 6.61 Å². The van der Waals surface area contributed by atoms with E-state index in [9.17, 15) is 14.7 Å². The van der Waals surface area contributed by atoms with E-state index in [2.05, 4.69) is 15.5 Å². The number of carbonyl (C=O) groups excluding carboxylic acids is 1. The molecule has 0 saturated carbocycles. The molecular weight excluding hydrogens is 374 g/mol. The standard InChI is InChI=1S/C20H27N5O4/c1-20(2,21)19(28)22-15(12-29-11-13-6-4-3-5-7-13)17-24-23-16-10-14(18(26)27)8-9-25(16)17/h3-7,14-15H,8-12,21H2,1-2H3,(H,22,28)(H,26,27). The molecule has 0 bridgehead atoms. The third-order valence-electron chi connectivity index (χ3n) is 4.93. The van der Waals surface area contributed by atoms with Crippen LogP contribution in [0.15, 0.2) is 30.3 Å². The number of nitrogens with zero attached hydrogens (tertiary/aromatic N) is 3. The minimum Gasteiger partial charge on any atom is -0.481 e. The summed E-state index contributed by atoms with van der Waals surface area (Å²) in [5.41, 5.74) is 5.89. The highest BCUT2D eigenvalue weighted by Gasteiger charge is 2.32. The topological polar surface area (TPSA) is 132 Å². The molecule has 1 aliphatic rings. The number of carboxylic acid groups (broad SMARTS) is 1. The number of ether oxygens (including phenoxy) is 1. The predicted molar refractivity (Wildman–Crippen MR) is 105 cm³/mol. The Morgan fingerprint density at radius 3 is 2.72 bits per heavy atom. The van der Waals surface area contributed by atoms with Crippen molar-refractivity contribution in [2.45, 2.75) is 51.4 Å². The number of hydrogen-bond donors (Lipinski definition) is 3. The number of aliphatic carboxylic acids is 1. The quantitative estimate of drug-likeness (QED) is 0.602. The monoisotopic (exact) mass is 401 g/mol. The number of nitrogens with one attached hydrogen (secondary N) is 1. The average molecular weight is 401 g/mol. The number of carboxylic acids is 1. The first-order valence-electron chi connectivity index (χ1n) is 9.62. The largest absolute Gasteiger partial charge is 0.481 e. The third-order valence-corrected chi connectivity index (χ3v) is 4.93. The molecule has 2 unspecified atom stereocenters. The maximum Gasteiger partial charge on any atom is 0.307 e. The van der Waals surface area contributed by atoms with Gasteiger partial charge in [0.1, 0.15) is 11.9 Å². The zero-order chi connectivity index (χ0) is 21.0. The molecular formula is C20H27N5O4. The van der Waals surface area contributed by atoms with E-state index in [0.717, 1.165) is 5.56 Å². The summed E-state index contributed by atoms with van der Waals surface area (Å²) < 4.78 is 7.71. The second kappa shape index (κ2) is 8.71. The SMILES string of the molecule is CC(C)(N)C(=O)NC(COCc1ccccc1)c1nnc2n1CCC(C(=O)O)C2. The number of amides is 1. The van der Waals surface area contributed by atoms with Crippen molar-refractivity contribution in [3.8, 4) is 0 Å². The summed E-state index contributed by atoms with van der Waals surface area (Å²) in [6.07, 6.45) is 0.803. The first-order chi connectivity index (χ1) is 13.8. The van der Waals surface area contributed by atoms with Crippen LogP contribution in [-0.2, 0) is 33.9 Å². The van der Waals surface area contributed by atoms with Crippen LogP contribution in [0.1, 0.15) is 43.5 Å². The summed E-state index contributed by atoms with van der Waals surface area (Å²) >= 11 is 0. The van der Waals surface area contributed by atoms with Crippen molar-refractivity contribution in [3.05, 3.63) is 47.5 Å². The predicted octanol–water partition coefficient (Wildman–Crippen LogP) is 1.04. The van der Waals surface area contributed by atoms with E-state index in [1.165, 1.54) is 0 Å². The van der Waals surface area contributed by atoms with Gasteiger partial charge in [0.15, 0.2) is 5.82 Å². The molecule has 1 aromatic carbocycles. The van der Waals surface area contributed by atoms with Crippen LogP contribution in [-0.4, -0.2) is 43.9 Å². The number of carbonyl (C=O) groups is 2. The summed E-state index contributed by atoms with van der Waals surface area (Å²) in [4.78, 5) is 23.8. The molecule has 2 atom stereocenters. The molecule has 0 aliphatic carbocycles. The van der Waals surface area contributed by atoms with Crippen LogP contribution in [0.5, 0.6) is 0 Å². The van der Waals surface area contributed by atoms with Gasteiger partial charge in [-0.2, -0.15) is 0 Å².